The minimum absolute atomic E-state index is 0.295. The van der Waals surface area contributed by atoms with Crippen LogP contribution in [0.2, 0.25) is 0 Å². The molecule has 2 aromatic carbocycles. The quantitative estimate of drug-likeness (QED) is 0.594. The van der Waals surface area contributed by atoms with Gasteiger partial charge in [-0.15, -0.1) is 0 Å². The average molecular weight is 369 g/mol. The van der Waals surface area contributed by atoms with Crippen molar-refractivity contribution in [2.45, 2.75) is 0 Å². The van der Waals surface area contributed by atoms with Gasteiger partial charge in [-0.25, -0.2) is 9.97 Å². The van der Waals surface area contributed by atoms with Gasteiger partial charge in [-0.1, -0.05) is 0 Å². The van der Waals surface area contributed by atoms with Gasteiger partial charge in [0, 0.05) is 29.7 Å². The van der Waals surface area contributed by atoms with Gasteiger partial charge in [0.2, 0.25) is 5.78 Å². The zero-order chi connectivity index (χ0) is 19.5. The molecule has 4 aromatic rings. The molecule has 0 spiro atoms. The highest BCUT2D eigenvalue weighted by Gasteiger charge is 2.13. The number of fused-ring (bicyclic) bond motifs is 1. The van der Waals surface area contributed by atoms with Crippen LogP contribution in [0.1, 0.15) is 15.9 Å². The van der Waals surface area contributed by atoms with Crippen LogP contribution in [-0.4, -0.2) is 27.4 Å². The second-order valence-electron chi connectivity index (χ2n) is 6.01. The minimum Gasteiger partial charge on any atom is -0.495 e. The number of ether oxygens (including phenoxy) is 1. The van der Waals surface area contributed by atoms with Gasteiger partial charge in [0.05, 0.1) is 30.1 Å². The molecule has 7 nitrogen and oxygen atoms in total. The molecule has 0 unspecified atom stereocenters. The molecule has 4 rings (SSSR count). The number of imidazole rings is 1. The van der Waals surface area contributed by atoms with Gasteiger partial charge in [-0.3, -0.25) is 9.20 Å². The van der Waals surface area contributed by atoms with E-state index in [0.29, 0.717) is 28.3 Å². The van der Waals surface area contributed by atoms with E-state index < -0.39 is 0 Å². The number of carbonyl (C=O) groups excluding carboxylic acids is 1. The SMILES string of the molecule is COc1ccc(-c2cn3cccnc3n2)cc1NC(=O)c1ccc(C#N)cc1. The van der Waals surface area contributed by atoms with Gasteiger partial charge in [-0.05, 0) is 48.5 Å². The molecule has 0 aliphatic heterocycles. The molecule has 0 aliphatic rings. The van der Waals surface area contributed by atoms with E-state index in [2.05, 4.69) is 15.3 Å². The Morgan fingerprint density at radius 2 is 2.04 bits per heavy atom. The number of benzene rings is 2. The molecule has 0 fully saturated rings. The summed E-state index contributed by atoms with van der Waals surface area (Å²) in [6, 6.07) is 15.7. The summed E-state index contributed by atoms with van der Waals surface area (Å²) >= 11 is 0. The average Bonchev–Trinajstić information content (AvgIpc) is 3.18. The first-order valence-corrected chi connectivity index (χ1v) is 8.47. The molecular weight excluding hydrogens is 354 g/mol. The standard InChI is InChI=1S/C21H15N5O2/c1-28-19-8-7-16(18-13-26-10-2-9-23-21(26)25-18)11-17(19)24-20(27)15-5-3-14(12-22)4-6-15/h2-11,13H,1H3,(H,24,27). The summed E-state index contributed by atoms with van der Waals surface area (Å²) in [6.07, 6.45) is 5.43. The maximum atomic E-state index is 12.6. The zero-order valence-electron chi connectivity index (χ0n) is 15.0. The summed E-state index contributed by atoms with van der Waals surface area (Å²) in [6.45, 7) is 0. The molecule has 2 heterocycles. The highest BCUT2D eigenvalue weighted by Crippen LogP contribution is 2.30. The number of nitrogens with zero attached hydrogens (tertiary/aromatic N) is 4. The number of nitrogens with one attached hydrogen (secondary N) is 1. The highest BCUT2D eigenvalue weighted by atomic mass is 16.5. The molecular formula is C21H15N5O2. The van der Waals surface area contributed by atoms with Gasteiger partial charge in [0.15, 0.2) is 0 Å². The Morgan fingerprint density at radius 3 is 2.75 bits per heavy atom. The molecule has 0 radical (unpaired) electrons. The Bertz CT molecular complexity index is 1170. The van der Waals surface area contributed by atoms with Crippen molar-refractivity contribution in [3.8, 4) is 23.1 Å². The van der Waals surface area contributed by atoms with Crippen LogP contribution in [0.4, 0.5) is 5.69 Å². The molecule has 0 saturated heterocycles. The Labute approximate surface area is 160 Å². The summed E-state index contributed by atoms with van der Waals surface area (Å²) in [7, 11) is 1.54. The molecule has 0 saturated carbocycles. The molecule has 7 heteroatoms. The van der Waals surface area contributed by atoms with Crippen molar-refractivity contribution >= 4 is 17.4 Å². The maximum absolute atomic E-state index is 12.6. The van der Waals surface area contributed by atoms with Crippen molar-refractivity contribution in [2.75, 3.05) is 12.4 Å². The van der Waals surface area contributed by atoms with Crippen LogP contribution in [0.3, 0.4) is 0 Å². The lowest BCUT2D eigenvalue weighted by molar-refractivity contribution is 0.102. The van der Waals surface area contributed by atoms with Crippen molar-refractivity contribution in [1.29, 1.82) is 5.26 Å². The van der Waals surface area contributed by atoms with Crippen LogP contribution in [0.15, 0.2) is 67.1 Å². The van der Waals surface area contributed by atoms with E-state index in [0.717, 1.165) is 11.3 Å². The third-order valence-electron chi connectivity index (χ3n) is 4.26. The molecule has 136 valence electrons. The van der Waals surface area contributed by atoms with Gasteiger partial charge in [-0.2, -0.15) is 5.26 Å². The summed E-state index contributed by atoms with van der Waals surface area (Å²) < 4.78 is 7.20. The number of amides is 1. The van der Waals surface area contributed by atoms with Crippen molar-refractivity contribution in [1.82, 2.24) is 14.4 Å². The van der Waals surface area contributed by atoms with Gasteiger partial charge in [0.1, 0.15) is 5.75 Å². The molecule has 1 N–H and O–H groups in total. The number of rotatable bonds is 4. The van der Waals surface area contributed by atoms with Crippen LogP contribution in [-0.2, 0) is 0 Å². The third kappa shape index (κ3) is 3.27. The van der Waals surface area contributed by atoms with E-state index in [9.17, 15) is 4.79 Å². The van der Waals surface area contributed by atoms with Gasteiger partial charge < -0.3 is 10.1 Å². The van der Waals surface area contributed by atoms with Crippen molar-refractivity contribution in [2.24, 2.45) is 0 Å². The Balaban J connectivity index is 1.66. The van der Waals surface area contributed by atoms with E-state index in [1.807, 2.05) is 41.1 Å². The molecule has 0 aliphatic carbocycles. The first-order chi connectivity index (χ1) is 13.7. The monoisotopic (exact) mass is 369 g/mol. The number of nitriles is 1. The second kappa shape index (κ2) is 7.21. The number of anilines is 1. The van der Waals surface area contributed by atoms with Crippen LogP contribution < -0.4 is 10.1 Å². The van der Waals surface area contributed by atoms with E-state index in [-0.39, 0.29) is 5.91 Å². The molecule has 1 amide bonds. The largest absolute Gasteiger partial charge is 0.495 e. The number of carbonyl (C=O) groups is 1. The Kier molecular flexibility index (Phi) is 4.44. The van der Waals surface area contributed by atoms with Crippen molar-refractivity contribution in [3.05, 3.63) is 78.2 Å². The molecule has 2 aromatic heterocycles. The summed E-state index contributed by atoms with van der Waals surface area (Å²) in [5.41, 5.74) is 3.02. The molecule has 0 bridgehead atoms. The fourth-order valence-corrected chi connectivity index (χ4v) is 2.82. The summed E-state index contributed by atoms with van der Waals surface area (Å²) in [5.74, 6) is 0.834. The van der Waals surface area contributed by atoms with Gasteiger partial charge in [0.25, 0.3) is 5.91 Å². The normalized spacial score (nSPS) is 10.4. The molecule has 28 heavy (non-hydrogen) atoms. The van der Waals surface area contributed by atoms with Crippen molar-refractivity contribution < 1.29 is 9.53 Å². The maximum Gasteiger partial charge on any atom is 0.255 e. The predicted octanol–water partition coefficient (Wildman–Crippen LogP) is 3.53. The smallest absolute Gasteiger partial charge is 0.255 e. The van der Waals surface area contributed by atoms with E-state index >= 15 is 0 Å². The third-order valence-corrected chi connectivity index (χ3v) is 4.26. The lowest BCUT2D eigenvalue weighted by Gasteiger charge is -2.11. The molecule has 0 atom stereocenters. The topological polar surface area (TPSA) is 92.3 Å². The Hall–Kier alpha value is -4.18. The zero-order valence-corrected chi connectivity index (χ0v) is 15.0. The first kappa shape index (κ1) is 17.2. The number of hydrogen-bond acceptors (Lipinski definition) is 5. The van der Waals surface area contributed by atoms with Crippen LogP contribution in [0.5, 0.6) is 5.75 Å². The number of aromatic nitrogens is 3. The van der Waals surface area contributed by atoms with Crippen LogP contribution in [0.25, 0.3) is 17.0 Å². The lowest BCUT2D eigenvalue weighted by Crippen LogP contribution is -2.12. The number of hydrogen-bond donors (Lipinski definition) is 1. The van der Waals surface area contributed by atoms with E-state index in [4.69, 9.17) is 10.00 Å². The lowest BCUT2D eigenvalue weighted by atomic mass is 10.1. The number of methoxy groups -OCH3 is 1. The van der Waals surface area contributed by atoms with Crippen LogP contribution in [0, 0.1) is 11.3 Å². The van der Waals surface area contributed by atoms with Gasteiger partial charge >= 0.3 is 0 Å². The van der Waals surface area contributed by atoms with Crippen molar-refractivity contribution in [3.63, 3.8) is 0 Å². The highest BCUT2D eigenvalue weighted by molar-refractivity contribution is 6.05. The Morgan fingerprint density at radius 1 is 1.21 bits per heavy atom. The predicted molar refractivity (Wildman–Crippen MR) is 104 cm³/mol. The minimum atomic E-state index is -0.295. The van der Waals surface area contributed by atoms with Crippen LogP contribution >= 0.6 is 0 Å². The first-order valence-electron chi connectivity index (χ1n) is 8.47. The fraction of sp³-hybridized carbons (Fsp3) is 0.0476. The summed E-state index contributed by atoms with van der Waals surface area (Å²) in [4.78, 5) is 21.3. The van der Waals surface area contributed by atoms with E-state index in [1.165, 1.54) is 0 Å². The summed E-state index contributed by atoms with van der Waals surface area (Å²) in [5, 5.41) is 11.7. The fourth-order valence-electron chi connectivity index (χ4n) is 2.82. The second-order valence-corrected chi connectivity index (χ2v) is 6.01. The van der Waals surface area contributed by atoms with E-state index in [1.54, 1.807) is 43.6 Å².